The first-order valence-electron chi connectivity index (χ1n) is 5.92. The molecule has 0 radical (unpaired) electrons. The molecule has 0 aliphatic rings. The Balaban J connectivity index is 1.84. The van der Waals surface area contributed by atoms with Gasteiger partial charge in [0.15, 0.2) is 0 Å². The number of aromatic nitrogens is 3. The van der Waals surface area contributed by atoms with E-state index >= 15 is 0 Å². The van der Waals surface area contributed by atoms with Crippen molar-refractivity contribution in [3.05, 3.63) is 58.7 Å². The summed E-state index contributed by atoms with van der Waals surface area (Å²) in [5, 5.41) is 13.4. The zero-order valence-electron chi connectivity index (χ0n) is 10.3. The first-order chi connectivity index (χ1) is 9.70. The van der Waals surface area contributed by atoms with Crippen LogP contribution >= 0.6 is 15.9 Å². The van der Waals surface area contributed by atoms with Gasteiger partial charge < -0.3 is 9.63 Å². The Hall–Kier alpha value is -2.21. The lowest BCUT2D eigenvalue weighted by Crippen LogP contribution is -1.88. The number of hydrogen-bond donors (Lipinski definition) is 1. The van der Waals surface area contributed by atoms with E-state index in [1.807, 2.05) is 12.1 Å². The fourth-order valence-electron chi connectivity index (χ4n) is 1.82. The molecule has 6 heteroatoms. The van der Waals surface area contributed by atoms with Gasteiger partial charge in [0.1, 0.15) is 5.75 Å². The number of phenolic OH excluding ortho intramolecular Hbond substituents is 1. The van der Waals surface area contributed by atoms with E-state index in [-0.39, 0.29) is 5.75 Å². The number of benzene rings is 1. The standard InChI is InChI=1S/C14H10BrN3O2/c15-11-6-10(7-16-8-11)14-17-13(20-18-14)5-9-2-1-3-12(19)4-9/h1-4,6-8,19H,5H2. The molecule has 0 spiro atoms. The third-order valence-corrected chi connectivity index (χ3v) is 3.13. The minimum absolute atomic E-state index is 0.221. The van der Waals surface area contributed by atoms with E-state index in [9.17, 15) is 5.11 Å². The highest BCUT2D eigenvalue weighted by Gasteiger charge is 2.10. The summed E-state index contributed by atoms with van der Waals surface area (Å²) in [4.78, 5) is 8.39. The maximum Gasteiger partial charge on any atom is 0.231 e. The van der Waals surface area contributed by atoms with Crippen LogP contribution in [0.1, 0.15) is 11.5 Å². The summed E-state index contributed by atoms with van der Waals surface area (Å²) >= 11 is 3.35. The van der Waals surface area contributed by atoms with Gasteiger partial charge in [-0.15, -0.1) is 0 Å². The van der Waals surface area contributed by atoms with Crippen molar-refractivity contribution in [3.63, 3.8) is 0 Å². The summed E-state index contributed by atoms with van der Waals surface area (Å²) < 4.78 is 6.07. The number of halogens is 1. The average molecular weight is 332 g/mol. The van der Waals surface area contributed by atoms with Gasteiger partial charge in [0, 0.05) is 22.4 Å². The molecule has 3 rings (SSSR count). The summed E-state index contributed by atoms with van der Waals surface area (Å²) in [6, 6.07) is 8.83. The van der Waals surface area contributed by atoms with Crippen LogP contribution in [0.3, 0.4) is 0 Å². The van der Waals surface area contributed by atoms with Gasteiger partial charge in [0.05, 0.1) is 6.42 Å². The maximum atomic E-state index is 9.42. The molecule has 20 heavy (non-hydrogen) atoms. The zero-order chi connectivity index (χ0) is 13.9. The lowest BCUT2D eigenvalue weighted by molar-refractivity contribution is 0.385. The molecule has 3 aromatic rings. The van der Waals surface area contributed by atoms with Gasteiger partial charge in [-0.2, -0.15) is 4.98 Å². The topological polar surface area (TPSA) is 72.0 Å². The highest BCUT2D eigenvalue weighted by atomic mass is 79.9. The molecule has 0 amide bonds. The van der Waals surface area contributed by atoms with Crippen LogP contribution in [0.15, 0.2) is 51.7 Å². The SMILES string of the molecule is Oc1cccc(Cc2nc(-c3cncc(Br)c3)no2)c1. The summed E-state index contributed by atoms with van der Waals surface area (Å²) in [5.74, 6) is 1.21. The number of hydrogen-bond acceptors (Lipinski definition) is 5. The van der Waals surface area contributed by atoms with E-state index < -0.39 is 0 Å². The summed E-state index contributed by atoms with van der Waals surface area (Å²) in [6.07, 6.45) is 3.84. The lowest BCUT2D eigenvalue weighted by atomic mass is 10.1. The molecule has 0 saturated carbocycles. The van der Waals surface area contributed by atoms with Crippen LogP contribution in [0.4, 0.5) is 0 Å². The molecule has 2 aromatic heterocycles. The molecule has 1 N–H and O–H groups in total. The van der Waals surface area contributed by atoms with E-state index in [0.717, 1.165) is 15.6 Å². The Morgan fingerprint density at radius 1 is 1.20 bits per heavy atom. The Morgan fingerprint density at radius 2 is 2.10 bits per heavy atom. The second-order valence-corrected chi connectivity index (χ2v) is 5.17. The molecular formula is C14H10BrN3O2. The molecule has 0 saturated heterocycles. The molecule has 0 unspecified atom stereocenters. The quantitative estimate of drug-likeness (QED) is 0.797. The minimum atomic E-state index is 0.221. The fraction of sp³-hybridized carbons (Fsp3) is 0.0714. The van der Waals surface area contributed by atoms with Gasteiger partial charge >= 0.3 is 0 Å². The molecule has 0 aliphatic carbocycles. The third-order valence-electron chi connectivity index (χ3n) is 2.70. The second-order valence-electron chi connectivity index (χ2n) is 4.25. The van der Waals surface area contributed by atoms with E-state index in [1.165, 1.54) is 0 Å². The van der Waals surface area contributed by atoms with Crippen molar-refractivity contribution in [2.24, 2.45) is 0 Å². The number of rotatable bonds is 3. The first-order valence-corrected chi connectivity index (χ1v) is 6.71. The van der Waals surface area contributed by atoms with Crippen molar-refractivity contribution in [1.82, 2.24) is 15.1 Å². The number of nitrogens with zero attached hydrogens (tertiary/aromatic N) is 3. The van der Waals surface area contributed by atoms with Crippen LogP contribution in [0.25, 0.3) is 11.4 Å². The van der Waals surface area contributed by atoms with Gasteiger partial charge in [0.25, 0.3) is 0 Å². The number of pyridine rings is 1. The molecule has 0 aliphatic heterocycles. The smallest absolute Gasteiger partial charge is 0.231 e. The van der Waals surface area contributed by atoms with Crippen LogP contribution in [-0.2, 0) is 6.42 Å². The normalized spacial score (nSPS) is 10.7. The molecule has 0 fully saturated rings. The van der Waals surface area contributed by atoms with Crippen molar-refractivity contribution in [2.75, 3.05) is 0 Å². The largest absolute Gasteiger partial charge is 0.508 e. The molecular weight excluding hydrogens is 322 g/mol. The van der Waals surface area contributed by atoms with E-state index in [1.54, 1.807) is 30.6 Å². The van der Waals surface area contributed by atoms with Crippen LogP contribution in [-0.4, -0.2) is 20.2 Å². The van der Waals surface area contributed by atoms with Crippen molar-refractivity contribution in [1.29, 1.82) is 0 Å². The van der Waals surface area contributed by atoms with Gasteiger partial charge in [-0.3, -0.25) is 4.98 Å². The molecule has 2 heterocycles. The monoisotopic (exact) mass is 331 g/mol. The first kappa shape index (κ1) is 12.8. The summed E-state index contributed by atoms with van der Waals surface area (Å²) in [6.45, 7) is 0. The molecule has 5 nitrogen and oxygen atoms in total. The van der Waals surface area contributed by atoms with Crippen molar-refractivity contribution >= 4 is 15.9 Å². The molecule has 0 bridgehead atoms. The van der Waals surface area contributed by atoms with Gasteiger partial charge in [-0.25, -0.2) is 0 Å². The number of aromatic hydroxyl groups is 1. The van der Waals surface area contributed by atoms with Crippen LogP contribution < -0.4 is 0 Å². The predicted octanol–water partition coefficient (Wildman–Crippen LogP) is 3.19. The third kappa shape index (κ3) is 2.85. The Kier molecular flexibility index (Phi) is 3.47. The molecule has 100 valence electrons. The van der Waals surface area contributed by atoms with Gasteiger partial charge in [0.2, 0.25) is 11.7 Å². The van der Waals surface area contributed by atoms with Gasteiger partial charge in [-0.05, 0) is 39.7 Å². The van der Waals surface area contributed by atoms with Crippen molar-refractivity contribution in [2.45, 2.75) is 6.42 Å². The van der Waals surface area contributed by atoms with E-state index in [2.05, 4.69) is 31.1 Å². The zero-order valence-corrected chi connectivity index (χ0v) is 11.9. The highest BCUT2D eigenvalue weighted by Crippen LogP contribution is 2.20. The lowest BCUT2D eigenvalue weighted by Gasteiger charge is -1.97. The second kappa shape index (κ2) is 5.42. The Morgan fingerprint density at radius 3 is 2.90 bits per heavy atom. The summed E-state index contributed by atoms with van der Waals surface area (Å²) in [5.41, 5.74) is 1.69. The summed E-state index contributed by atoms with van der Waals surface area (Å²) in [7, 11) is 0. The van der Waals surface area contributed by atoms with Crippen LogP contribution in [0.2, 0.25) is 0 Å². The maximum absolute atomic E-state index is 9.42. The molecule has 0 atom stereocenters. The van der Waals surface area contributed by atoms with E-state index in [0.29, 0.717) is 18.1 Å². The van der Waals surface area contributed by atoms with Crippen molar-refractivity contribution < 1.29 is 9.63 Å². The Bertz CT molecular complexity index is 743. The fourth-order valence-corrected chi connectivity index (χ4v) is 2.18. The van der Waals surface area contributed by atoms with E-state index in [4.69, 9.17) is 4.52 Å². The average Bonchev–Trinajstić information content (AvgIpc) is 2.87. The Labute approximate surface area is 123 Å². The predicted molar refractivity (Wildman–Crippen MR) is 76.1 cm³/mol. The van der Waals surface area contributed by atoms with Crippen molar-refractivity contribution in [3.8, 4) is 17.1 Å². The molecule has 1 aromatic carbocycles. The van der Waals surface area contributed by atoms with Gasteiger partial charge in [-0.1, -0.05) is 17.3 Å². The van der Waals surface area contributed by atoms with Crippen LogP contribution in [0.5, 0.6) is 5.75 Å². The van der Waals surface area contributed by atoms with Crippen LogP contribution in [0, 0.1) is 0 Å². The number of phenols is 1. The highest BCUT2D eigenvalue weighted by molar-refractivity contribution is 9.10. The minimum Gasteiger partial charge on any atom is -0.508 e.